The number of hydrogen-bond acceptors (Lipinski definition) is 3. The Morgan fingerprint density at radius 1 is 1.20 bits per heavy atom. The second kappa shape index (κ2) is 6.81. The van der Waals surface area contributed by atoms with Gasteiger partial charge in [0.25, 0.3) is 0 Å². The zero-order chi connectivity index (χ0) is 15.4. The van der Waals surface area contributed by atoms with Crippen LogP contribution in [0.25, 0.3) is 0 Å². The van der Waals surface area contributed by atoms with Crippen LogP contribution in [0.3, 0.4) is 0 Å². The number of ether oxygens (including phenoxy) is 1. The molecule has 0 radical (unpaired) electrons. The first-order valence-corrected chi connectivity index (χ1v) is 9.24. The van der Waals surface area contributed by atoms with E-state index >= 15 is 0 Å². The summed E-state index contributed by atoms with van der Waals surface area (Å²) >= 11 is 0. The molecule has 0 unspecified atom stereocenters. The molecule has 0 N–H and O–H groups in total. The van der Waals surface area contributed by atoms with Crippen molar-refractivity contribution in [2.45, 2.75) is 46.0 Å². The van der Waals surface area contributed by atoms with Crippen molar-refractivity contribution in [1.29, 1.82) is 0 Å². The molecular weight excluding hydrogens is 296 g/mol. The van der Waals surface area contributed by atoms with Gasteiger partial charge in [-0.2, -0.15) is 0 Å². The van der Waals surface area contributed by atoms with E-state index in [1.165, 1.54) is 11.1 Å². The molecule has 1 aromatic rings. The van der Waals surface area contributed by atoms with Crippen LogP contribution in [-0.4, -0.2) is 20.8 Å². The fourth-order valence-electron chi connectivity index (χ4n) is 1.91. The number of hydrogen-bond donors (Lipinski definition) is 0. The minimum atomic E-state index is -3.39. The van der Waals surface area contributed by atoms with E-state index in [2.05, 4.69) is 33.8 Å². The van der Waals surface area contributed by atoms with Crippen LogP contribution in [0.15, 0.2) is 18.2 Å². The van der Waals surface area contributed by atoms with Gasteiger partial charge >= 0.3 is 0 Å². The van der Waals surface area contributed by atoms with Crippen LogP contribution in [0.1, 0.15) is 44.7 Å². The zero-order valence-electron chi connectivity index (χ0n) is 12.6. The molecule has 5 heteroatoms. The van der Waals surface area contributed by atoms with Crippen LogP contribution in [-0.2, 0) is 14.5 Å². The summed E-state index contributed by atoms with van der Waals surface area (Å²) in [6.45, 7) is 9.00. The lowest BCUT2D eigenvalue weighted by atomic mass is 9.85. The van der Waals surface area contributed by atoms with Gasteiger partial charge in [0, 0.05) is 10.7 Å². The maximum Gasteiger partial charge on any atom is 0.232 e. The fraction of sp³-hybridized carbons (Fsp3) is 0.600. The van der Waals surface area contributed by atoms with Gasteiger partial charge in [0.2, 0.25) is 9.05 Å². The smallest absolute Gasteiger partial charge is 0.232 e. The third kappa shape index (κ3) is 6.14. The lowest BCUT2D eigenvalue weighted by Gasteiger charge is -2.23. The maximum atomic E-state index is 10.8. The molecule has 0 aliphatic rings. The lowest BCUT2D eigenvalue weighted by Crippen LogP contribution is -2.14. The van der Waals surface area contributed by atoms with E-state index < -0.39 is 9.05 Å². The Hall–Kier alpha value is -0.740. The Balaban J connectivity index is 2.60. The highest BCUT2D eigenvalue weighted by molar-refractivity contribution is 8.13. The lowest BCUT2D eigenvalue weighted by molar-refractivity contribution is 0.301. The van der Waals surface area contributed by atoms with Gasteiger partial charge in [-0.15, -0.1) is 0 Å². The molecule has 0 spiro atoms. The van der Waals surface area contributed by atoms with E-state index in [-0.39, 0.29) is 11.2 Å². The van der Waals surface area contributed by atoms with Gasteiger partial charge in [-0.05, 0) is 36.8 Å². The third-order valence-corrected chi connectivity index (χ3v) is 4.22. The van der Waals surface area contributed by atoms with Crippen LogP contribution in [0, 0.1) is 6.92 Å². The highest BCUT2D eigenvalue weighted by Gasteiger charge is 2.19. The number of rotatable bonds is 6. The van der Waals surface area contributed by atoms with Crippen molar-refractivity contribution in [1.82, 2.24) is 0 Å². The molecule has 0 aliphatic heterocycles. The number of benzene rings is 1. The molecule has 20 heavy (non-hydrogen) atoms. The molecule has 0 atom stereocenters. The molecule has 1 aromatic carbocycles. The Morgan fingerprint density at radius 3 is 2.40 bits per heavy atom. The molecule has 0 saturated heterocycles. The highest BCUT2D eigenvalue weighted by Crippen LogP contribution is 2.32. The molecule has 0 saturated carbocycles. The Labute approximate surface area is 126 Å². The molecule has 0 aromatic heterocycles. The Bertz CT molecular complexity index is 545. The quantitative estimate of drug-likeness (QED) is 0.587. The molecule has 0 aliphatic carbocycles. The summed E-state index contributed by atoms with van der Waals surface area (Å²) in [4.78, 5) is 0. The van der Waals surface area contributed by atoms with E-state index in [4.69, 9.17) is 15.4 Å². The maximum absolute atomic E-state index is 10.8. The second-order valence-electron chi connectivity index (χ2n) is 6.05. The van der Waals surface area contributed by atoms with Crippen LogP contribution in [0.5, 0.6) is 5.75 Å². The SMILES string of the molecule is Cc1ccc(OCCCCS(=O)(=O)Cl)c(C(C)(C)C)c1. The van der Waals surface area contributed by atoms with E-state index in [1.54, 1.807) is 0 Å². The van der Waals surface area contributed by atoms with Crippen LogP contribution >= 0.6 is 10.7 Å². The standard InChI is InChI=1S/C15H23ClO3S/c1-12-7-8-14(13(11-12)15(2,3)4)19-9-5-6-10-20(16,17)18/h7-8,11H,5-6,9-10H2,1-4H3. The molecule has 0 amide bonds. The molecular formula is C15H23ClO3S. The Morgan fingerprint density at radius 2 is 1.85 bits per heavy atom. The minimum Gasteiger partial charge on any atom is -0.493 e. The minimum absolute atomic E-state index is 0.00204. The van der Waals surface area contributed by atoms with Crippen LogP contribution < -0.4 is 4.74 Å². The summed E-state index contributed by atoms with van der Waals surface area (Å²) in [6.07, 6.45) is 1.19. The van der Waals surface area contributed by atoms with E-state index in [9.17, 15) is 8.42 Å². The monoisotopic (exact) mass is 318 g/mol. The topological polar surface area (TPSA) is 43.4 Å². The van der Waals surface area contributed by atoms with E-state index in [0.29, 0.717) is 19.4 Å². The largest absolute Gasteiger partial charge is 0.493 e. The summed E-state index contributed by atoms with van der Waals surface area (Å²) in [5.74, 6) is 0.870. The number of aryl methyl sites for hydroxylation is 1. The molecule has 0 heterocycles. The summed E-state index contributed by atoms with van der Waals surface area (Å²) in [6, 6.07) is 6.14. The van der Waals surface area contributed by atoms with Crippen molar-refractivity contribution >= 4 is 19.7 Å². The summed E-state index contributed by atoms with van der Waals surface area (Å²) in [5.41, 5.74) is 2.39. The summed E-state index contributed by atoms with van der Waals surface area (Å²) < 4.78 is 27.4. The van der Waals surface area contributed by atoms with Gasteiger partial charge < -0.3 is 4.74 Å². The third-order valence-electron chi connectivity index (χ3n) is 2.98. The van der Waals surface area contributed by atoms with Crippen molar-refractivity contribution in [2.24, 2.45) is 0 Å². The van der Waals surface area contributed by atoms with Gasteiger partial charge in [0.15, 0.2) is 0 Å². The molecule has 0 fully saturated rings. The van der Waals surface area contributed by atoms with Crippen molar-refractivity contribution < 1.29 is 13.2 Å². The average molecular weight is 319 g/mol. The van der Waals surface area contributed by atoms with Crippen molar-refractivity contribution in [3.8, 4) is 5.75 Å². The predicted molar refractivity (Wildman–Crippen MR) is 84.2 cm³/mol. The highest BCUT2D eigenvalue weighted by atomic mass is 35.7. The van der Waals surface area contributed by atoms with Crippen molar-refractivity contribution in [3.05, 3.63) is 29.3 Å². The first-order chi connectivity index (χ1) is 9.09. The van der Waals surface area contributed by atoms with Crippen molar-refractivity contribution in [2.75, 3.05) is 12.4 Å². The predicted octanol–water partition coefficient (Wildman–Crippen LogP) is 4.02. The molecule has 1 rings (SSSR count). The Kier molecular flexibility index (Phi) is 5.90. The van der Waals surface area contributed by atoms with Gasteiger partial charge in [0.05, 0.1) is 12.4 Å². The first-order valence-electron chi connectivity index (χ1n) is 6.76. The van der Waals surface area contributed by atoms with Gasteiger partial charge in [-0.25, -0.2) is 8.42 Å². The van der Waals surface area contributed by atoms with Crippen LogP contribution in [0.4, 0.5) is 0 Å². The summed E-state index contributed by atoms with van der Waals surface area (Å²) in [5, 5.41) is 0. The molecule has 3 nitrogen and oxygen atoms in total. The number of unbranched alkanes of at least 4 members (excludes halogenated alkanes) is 1. The fourth-order valence-corrected chi connectivity index (χ4v) is 2.79. The van der Waals surface area contributed by atoms with Gasteiger partial charge in [-0.1, -0.05) is 38.5 Å². The second-order valence-corrected chi connectivity index (χ2v) is 8.94. The van der Waals surface area contributed by atoms with Crippen molar-refractivity contribution in [3.63, 3.8) is 0 Å². The van der Waals surface area contributed by atoms with E-state index in [1.807, 2.05) is 12.1 Å². The van der Waals surface area contributed by atoms with Gasteiger partial charge in [-0.3, -0.25) is 0 Å². The van der Waals surface area contributed by atoms with Gasteiger partial charge in [0.1, 0.15) is 5.75 Å². The van der Waals surface area contributed by atoms with E-state index in [0.717, 1.165) is 5.75 Å². The average Bonchev–Trinajstić information content (AvgIpc) is 2.27. The zero-order valence-corrected chi connectivity index (χ0v) is 14.1. The molecule has 114 valence electrons. The number of halogens is 1. The van der Waals surface area contributed by atoms with Crippen LogP contribution in [0.2, 0.25) is 0 Å². The first kappa shape index (κ1) is 17.3. The normalized spacial score (nSPS) is 12.4. The summed E-state index contributed by atoms with van der Waals surface area (Å²) in [7, 11) is 1.77. The molecule has 0 bridgehead atoms.